The molecule has 0 aliphatic carbocycles. The van der Waals surface area contributed by atoms with Gasteiger partial charge in [0.2, 0.25) is 5.91 Å². The van der Waals surface area contributed by atoms with E-state index in [9.17, 15) is 9.59 Å². The van der Waals surface area contributed by atoms with Crippen LogP contribution in [0.3, 0.4) is 0 Å². The topological polar surface area (TPSA) is 64.7 Å². The lowest BCUT2D eigenvalue weighted by atomic mass is 9.94. The van der Waals surface area contributed by atoms with Gasteiger partial charge in [-0.25, -0.2) is 0 Å². The zero-order valence-electron chi connectivity index (χ0n) is 21.0. The molecule has 0 unspecified atom stereocenters. The second-order valence-corrected chi connectivity index (χ2v) is 10.3. The maximum absolute atomic E-state index is 12.6. The number of benzene rings is 3. The summed E-state index contributed by atoms with van der Waals surface area (Å²) < 4.78 is 0. The number of carbonyl (C=O) groups is 2. The molecule has 0 radical (unpaired) electrons. The lowest BCUT2D eigenvalue weighted by molar-refractivity contribution is -0.139. The number of rotatable bonds is 4. The summed E-state index contributed by atoms with van der Waals surface area (Å²) in [5, 5.41) is 6.06. The Hall–Kier alpha value is -3.71. The molecule has 2 amide bonds. The van der Waals surface area contributed by atoms with E-state index in [1.807, 2.05) is 92.4 Å². The van der Waals surface area contributed by atoms with Crippen molar-refractivity contribution < 1.29 is 9.59 Å². The zero-order chi connectivity index (χ0) is 25.7. The monoisotopic (exact) mass is 500 g/mol. The van der Waals surface area contributed by atoms with E-state index in [1.165, 1.54) is 0 Å². The van der Waals surface area contributed by atoms with Crippen LogP contribution in [0.5, 0.6) is 0 Å². The van der Waals surface area contributed by atoms with Gasteiger partial charge in [-0.1, -0.05) is 63.2 Å². The van der Waals surface area contributed by atoms with Gasteiger partial charge in [0.15, 0.2) is 5.11 Å². The number of piperazine rings is 1. The summed E-state index contributed by atoms with van der Waals surface area (Å²) in [7, 11) is 0. The first-order valence-electron chi connectivity index (χ1n) is 12.1. The summed E-state index contributed by atoms with van der Waals surface area (Å²) in [5.41, 5.74) is 4.23. The first-order valence-corrected chi connectivity index (χ1v) is 12.5. The van der Waals surface area contributed by atoms with Crippen molar-refractivity contribution in [2.75, 3.05) is 36.4 Å². The minimum Gasteiger partial charge on any atom is -0.368 e. The molecule has 186 valence electrons. The van der Waals surface area contributed by atoms with Gasteiger partial charge in [0.05, 0.1) is 0 Å². The van der Waals surface area contributed by atoms with Crippen molar-refractivity contribution in [1.82, 2.24) is 10.2 Å². The predicted octanol–water partition coefficient (Wildman–Crippen LogP) is 5.18. The van der Waals surface area contributed by atoms with Crippen molar-refractivity contribution >= 4 is 40.5 Å². The van der Waals surface area contributed by atoms with Crippen LogP contribution >= 0.6 is 12.2 Å². The number of carbonyl (C=O) groups excluding carboxylic acids is 2. The molecule has 0 spiro atoms. The minimum absolute atomic E-state index is 0.199. The van der Waals surface area contributed by atoms with Crippen molar-refractivity contribution in [3.05, 3.63) is 84.4 Å². The summed E-state index contributed by atoms with van der Waals surface area (Å²) in [4.78, 5) is 29.3. The van der Waals surface area contributed by atoms with Gasteiger partial charge in [-0.15, -0.1) is 0 Å². The van der Waals surface area contributed by atoms with Gasteiger partial charge in [-0.05, 0) is 59.7 Å². The molecule has 0 bridgehead atoms. The van der Waals surface area contributed by atoms with Crippen LogP contribution in [-0.4, -0.2) is 48.0 Å². The summed E-state index contributed by atoms with van der Waals surface area (Å²) >= 11 is 5.35. The molecule has 1 heterocycles. The predicted molar refractivity (Wildman–Crippen MR) is 150 cm³/mol. The molecule has 4 rings (SSSR count). The third-order valence-electron chi connectivity index (χ3n) is 6.18. The van der Waals surface area contributed by atoms with Gasteiger partial charge in [-0.3, -0.25) is 14.9 Å². The number of anilines is 2. The molecule has 2 N–H and O–H groups in total. The first-order chi connectivity index (χ1) is 17.2. The first kappa shape index (κ1) is 25.4. The highest BCUT2D eigenvalue weighted by Gasteiger charge is 2.29. The summed E-state index contributed by atoms with van der Waals surface area (Å²) in [5.74, 6) is -0.0594. The molecule has 1 fully saturated rings. The van der Waals surface area contributed by atoms with Gasteiger partial charge in [0, 0.05) is 48.5 Å². The van der Waals surface area contributed by atoms with Crippen LogP contribution in [0.15, 0.2) is 78.9 Å². The van der Waals surface area contributed by atoms with Gasteiger partial charge in [-0.2, -0.15) is 0 Å². The van der Waals surface area contributed by atoms with Gasteiger partial charge in [0.1, 0.15) is 0 Å². The normalized spacial score (nSPS) is 13.8. The number of nitrogens with zero attached hydrogens (tertiary/aromatic N) is 2. The number of nitrogens with one attached hydrogen (secondary N) is 2. The second-order valence-electron chi connectivity index (χ2n) is 9.93. The van der Waals surface area contributed by atoms with E-state index >= 15 is 0 Å². The lowest BCUT2D eigenvalue weighted by Crippen LogP contribution is -2.51. The van der Waals surface area contributed by atoms with Crippen LogP contribution < -0.4 is 15.5 Å². The second kappa shape index (κ2) is 10.9. The van der Waals surface area contributed by atoms with E-state index in [-0.39, 0.29) is 22.3 Å². The summed E-state index contributed by atoms with van der Waals surface area (Å²) in [6.07, 6.45) is 0. The Morgan fingerprint density at radius 2 is 1.36 bits per heavy atom. The third kappa shape index (κ3) is 6.29. The number of hydrogen-bond donors (Lipinski definition) is 2. The van der Waals surface area contributed by atoms with E-state index in [1.54, 1.807) is 12.1 Å². The Bertz CT molecular complexity index is 1210. The van der Waals surface area contributed by atoms with Gasteiger partial charge >= 0.3 is 0 Å². The van der Waals surface area contributed by atoms with E-state index in [4.69, 9.17) is 12.2 Å². The molecule has 7 heteroatoms. The highest BCUT2D eigenvalue weighted by atomic mass is 32.1. The van der Waals surface area contributed by atoms with Gasteiger partial charge in [0.25, 0.3) is 5.91 Å². The molecule has 3 aromatic rings. The van der Waals surface area contributed by atoms with Crippen LogP contribution in [0, 0.1) is 5.41 Å². The smallest absolute Gasteiger partial charge is 0.257 e. The standard InChI is InChI=1S/C29H32N4O2S/c1-29(2,3)27(35)33-19-17-32(18-20-33)25-15-13-24(14-16-25)30-28(36)31-26(34)23-11-9-22(10-12-23)21-7-5-4-6-8-21/h4-16H,17-20H2,1-3H3,(H2,30,31,34,36). The van der Waals surface area contributed by atoms with Crippen LogP contribution in [0.25, 0.3) is 11.1 Å². The van der Waals surface area contributed by atoms with Crippen molar-refractivity contribution in [3.63, 3.8) is 0 Å². The fourth-order valence-electron chi connectivity index (χ4n) is 4.18. The number of hydrogen-bond acceptors (Lipinski definition) is 4. The van der Waals surface area contributed by atoms with Crippen LogP contribution in [-0.2, 0) is 4.79 Å². The number of thiocarbonyl (C=S) groups is 1. The molecule has 6 nitrogen and oxygen atoms in total. The maximum Gasteiger partial charge on any atom is 0.257 e. The van der Waals surface area contributed by atoms with E-state index in [2.05, 4.69) is 15.5 Å². The largest absolute Gasteiger partial charge is 0.368 e. The third-order valence-corrected chi connectivity index (χ3v) is 6.38. The summed E-state index contributed by atoms with van der Waals surface area (Å²) in [6, 6.07) is 25.4. The molecule has 0 atom stereocenters. The molecule has 36 heavy (non-hydrogen) atoms. The molecule has 1 saturated heterocycles. The fourth-order valence-corrected chi connectivity index (χ4v) is 4.39. The fraction of sp³-hybridized carbons (Fsp3) is 0.276. The Kier molecular flexibility index (Phi) is 7.70. The highest BCUT2D eigenvalue weighted by molar-refractivity contribution is 7.80. The van der Waals surface area contributed by atoms with Crippen LogP contribution in [0.4, 0.5) is 11.4 Å². The van der Waals surface area contributed by atoms with Crippen LogP contribution in [0.2, 0.25) is 0 Å². The molecule has 0 saturated carbocycles. The zero-order valence-corrected chi connectivity index (χ0v) is 21.8. The van der Waals surface area contributed by atoms with Gasteiger partial charge < -0.3 is 15.1 Å². The van der Waals surface area contributed by atoms with E-state index < -0.39 is 0 Å². The Labute approximate surface area is 218 Å². The Balaban J connectivity index is 1.28. The average Bonchev–Trinajstić information content (AvgIpc) is 2.89. The van der Waals surface area contributed by atoms with E-state index in [0.717, 1.165) is 48.7 Å². The lowest BCUT2D eigenvalue weighted by Gasteiger charge is -2.38. The Morgan fingerprint density at radius 3 is 1.94 bits per heavy atom. The van der Waals surface area contributed by atoms with Crippen molar-refractivity contribution in [2.45, 2.75) is 20.8 Å². The average molecular weight is 501 g/mol. The molecule has 1 aliphatic rings. The maximum atomic E-state index is 12.6. The highest BCUT2D eigenvalue weighted by Crippen LogP contribution is 2.23. The van der Waals surface area contributed by atoms with Crippen molar-refractivity contribution in [2.24, 2.45) is 5.41 Å². The molecular weight excluding hydrogens is 468 g/mol. The van der Waals surface area contributed by atoms with Crippen molar-refractivity contribution in [1.29, 1.82) is 0 Å². The Morgan fingerprint density at radius 1 is 0.778 bits per heavy atom. The molecule has 0 aromatic heterocycles. The van der Waals surface area contributed by atoms with Crippen LogP contribution in [0.1, 0.15) is 31.1 Å². The molecule has 1 aliphatic heterocycles. The molecule has 3 aromatic carbocycles. The van der Waals surface area contributed by atoms with E-state index in [0.29, 0.717) is 5.56 Å². The molecular formula is C29H32N4O2S. The SMILES string of the molecule is CC(C)(C)C(=O)N1CCN(c2ccc(NC(=S)NC(=O)c3ccc(-c4ccccc4)cc3)cc2)CC1. The quantitative estimate of drug-likeness (QED) is 0.484. The minimum atomic E-state index is -0.352. The van der Waals surface area contributed by atoms with Crippen molar-refractivity contribution in [3.8, 4) is 11.1 Å². The summed E-state index contributed by atoms with van der Waals surface area (Å²) in [6.45, 7) is 8.92. The number of amides is 2.